The van der Waals surface area contributed by atoms with Crippen molar-refractivity contribution in [2.75, 3.05) is 0 Å². The molecule has 0 fully saturated rings. The number of carbonyl (C=O) groups excluding carboxylic acids is 1. The average Bonchev–Trinajstić information content (AvgIpc) is 2.83. The summed E-state index contributed by atoms with van der Waals surface area (Å²) in [5, 5.41) is 1.21. The van der Waals surface area contributed by atoms with Crippen LogP contribution < -0.4 is 4.74 Å². The molecule has 0 saturated heterocycles. The van der Waals surface area contributed by atoms with Gasteiger partial charge < -0.3 is 9.30 Å². The van der Waals surface area contributed by atoms with Gasteiger partial charge in [0, 0.05) is 18.1 Å². The van der Waals surface area contributed by atoms with Crippen LogP contribution >= 0.6 is 0 Å². The SMILES string of the molecule is Cn1c(COc2ccc(C=O)cc2)cc2ccccc21. The summed E-state index contributed by atoms with van der Waals surface area (Å²) in [5.74, 6) is 0.765. The summed E-state index contributed by atoms with van der Waals surface area (Å²) < 4.78 is 7.90. The van der Waals surface area contributed by atoms with Crippen LogP contribution in [0.1, 0.15) is 16.1 Å². The zero-order chi connectivity index (χ0) is 13.9. The number of rotatable bonds is 4. The minimum atomic E-state index is 0.506. The van der Waals surface area contributed by atoms with Gasteiger partial charge in [0.1, 0.15) is 18.6 Å². The highest BCUT2D eigenvalue weighted by molar-refractivity contribution is 5.81. The van der Waals surface area contributed by atoms with Gasteiger partial charge in [0.25, 0.3) is 0 Å². The van der Waals surface area contributed by atoms with Gasteiger partial charge in [0.05, 0.1) is 5.69 Å². The molecule has 3 nitrogen and oxygen atoms in total. The smallest absolute Gasteiger partial charge is 0.150 e. The molecule has 0 spiro atoms. The van der Waals surface area contributed by atoms with E-state index in [0.717, 1.165) is 17.7 Å². The van der Waals surface area contributed by atoms with Gasteiger partial charge in [-0.1, -0.05) is 18.2 Å². The molecule has 2 aromatic carbocycles. The predicted octanol–water partition coefficient (Wildman–Crippen LogP) is 3.57. The van der Waals surface area contributed by atoms with E-state index in [-0.39, 0.29) is 0 Å². The van der Waals surface area contributed by atoms with Crippen LogP contribution in [0.25, 0.3) is 10.9 Å². The first-order valence-electron chi connectivity index (χ1n) is 6.49. The Hall–Kier alpha value is -2.55. The van der Waals surface area contributed by atoms with Crippen molar-refractivity contribution in [2.24, 2.45) is 7.05 Å². The van der Waals surface area contributed by atoms with Crippen molar-refractivity contribution in [2.45, 2.75) is 6.61 Å². The molecule has 0 aliphatic rings. The molecule has 1 heterocycles. The Morgan fingerprint density at radius 1 is 1.10 bits per heavy atom. The molecule has 3 aromatic rings. The lowest BCUT2D eigenvalue weighted by atomic mass is 10.2. The van der Waals surface area contributed by atoms with Crippen molar-refractivity contribution in [1.29, 1.82) is 0 Å². The van der Waals surface area contributed by atoms with Crippen molar-refractivity contribution >= 4 is 17.2 Å². The Morgan fingerprint density at radius 2 is 1.85 bits per heavy atom. The van der Waals surface area contributed by atoms with E-state index in [0.29, 0.717) is 12.2 Å². The first-order chi connectivity index (χ1) is 9.78. The van der Waals surface area contributed by atoms with E-state index in [1.165, 1.54) is 10.9 Å². The van der Waals surface area contributed by atoms with Gasteiger partial charge >= 0.3 is 0 Å². The number of nitrogens with zero attached hydrogens (tertiary/aromatic N) is 1. The number of aromatic nitrogens is 1. The van der Waals surface area contributed by atoms with E-state index in [1.54, 1.807) is 12.1 Å². The largest absolute Gasteiger partial charge is 0.487 e. The number of aryl methyl sites for hydroxylation is 1. The molecule has 0 bridgehead atoms. The lowest BCUT2D eigenvalue weighted by molar-refractivity contribution is 0.112. The van der Waals surface area contributed by atoms with Crippen LogP contribution in [0.5, 0.6) is 5.75 Å². The predicted molar refractivity (Wildman–Crippen MR) is 79.1 cm³/mol. The Bertz CT molecular complexity index is 741. The number of carbonyl (C=O) groups is 1. The minimum Gasteiger partial charge on any atom is -0.487 e. The van der Waals surface area contributed by atoms with Gasteiger partial charge in [-0.15, -0.1) is 0 Å². The third kappa shape index (κ3) is 2.30. The van der Waals surface area contributed by atoms with E-state index in [4.69, 9.17) is 4.74 Å². The van der Waals surface area contributed by atoms with Gasteiger partial charge in [0.15, 0.2) is 0 Å². The second-order valence-electron chi connectivity index (χ2n) is 4.73. The summed E-state index contributed by atoms with van der Waals surface area (Å²) in [7, 11) is 2.04. The monoisotopic (exact) mass is 265 g/mol. The second kappa shape index (κ2) is 5.21. The average molecular weight is 265 g/mol. The summed E-state index contributed by atoms with van der Waals surface area (Å²) in [6.45, 7) is 0.506. The molecule has 0 amide bonds. The van der Waals surface area contributed by atoms with Crippen LogP contribution in [0.2, 0.25) is 0 Å². The number of hydrogen-bond acceptors (Lipinski definition) is 2. The van der Waals surface area contributed by atoms with Crippen LogP contribution in [0.3, 0.4) is 0 Å². The number of ether oxygens (including phenoxy) is 1. The van der Waals surface area contributed by atoms with Crippen molar-refractivity contribution in [3.05, 3.63) is 65.9 Å². The molecule has 0 aliphatic heterocycles. The quantitative estimate of drug-likeness (QED) is 0.675. The molecule has 20 heavy (non-hydrogen) atoms. The molecule has 100 valence electrons. The highest BCUT2D eigenvalue weighted by Gasteiger charge is 2.05. The number of hydrogen-bond donors (Lipinski definition) is 0. The van der Waals surface area contributed by atoms with E-state index in [9.17, 15) is 4.79 Å². The second-order valence-corrected chi connectivity index (χ2v) is 4.73. The van der Waals surface area contributed by atoms with Crippen molar-refractivity contribution in [3.8, 4) is 5.75 Å². The highest BCUT2D eigenvalue weighted by Crippen LogP contribution is 2.20. The highest BCUT2D eigenvalue weighted by atomic mass is 16.5. The van der Waals surface area contributed by atoms with Crippen LogP contribution in [0.15, 0.2) is 54.6 Å². The minimum absolute atomic E-state index is 0.506. The first-order valence-corrected chi connectivity index (χ1v) is 6.49. The van der Waals surface area contributed by atoms with Gasteiger partial charge in [-0.25, -0.2) is 0 Å². The molecular weight excluding hydrogens is 250 g/mol. The molecule has 3 rings (SSSR count). The normalized spacial score (nSPS) is 10.7. The summed E-state index contributed by atoms with van der Waals surface area (Å²) in [4.78, 5) is 10.6. The van der Waals surface area contributed by atoms with Crippen LogP contribution in [-0.2, 0) is 13.7 Å². The summed E-state index contributed by atoms with van der Waals surface area (Å²) in [6.07, 6.45) is 0.827. The van der Waals surface area contributed by atoms with Gasteiger partial charge in [0.2, 0.25) is 0 Å². The molecule has 0 N–H and O–H groups in total. The summed E-state index contributed by atoms with van der Waals surface area (Å²) >= 11 is 0. The molecule has 0 saturated carbocycles. The Labute approximate surface area is 117 Å². The Morgan fingerprint density at radius 3 is 2.55 bits per heavy atom. The standard InChI is InChI=1S/C17H15NO2/c1-18-15(10-14-4-2-3-5-17(14)18)12-20-16-8-6-13(11-19)7-9-16/h2-11H,12H2,1H3. The van der Waals surface area contributed by atoms with Gasteiger partial charge in [-0.2, -0.15) is 0 Å². The third-order valence-electron chi connectivity index (χ3n) is 3.45. The maximum absolute atomic E-state index is 10.6. The molecule has 0 aliphatic carbocycles. The zero-order valence-corrected chi connectivity index (χ0v) is 11.2. The van der Waals surface area contributed by atoms with E-state index in [2.05, 4.69) is 22.8 Å². The van der Waals surface area contributed by atoms with Crippen LogP contribution in [0.4, 0.5) is 0 Å². The molecule has 0 radical (unpaired) electrons. The van der Waals surface area contributed by atoms with Crippen molar-refractivity contribution in [1.82, 2.24) is 4.57 Å². The molecule has 0 atom stereocenters. The van der Waals surface area contributed by atoms with Crippen LogP contribution in [0, 0.1) is 0 Å². The molecule has 1 aromatic heterocycles. The Balaban J connectivity index is 1.79. The van der Waals surface area contributed by atoms with E-state index in [1.807, 2.05) is 31.3 Å². The van der Waals surface area contributed by atoms with Crippen molar-refractivity contribution in [3.63, 3.8) is 0 Å². The lowest BCUT2D eigenvalue weighted by Gasteiger charge is -2.07. The Kier molecular flexibility index (Phi) is 3.25. The lowest BCUT2D eigenvalue weighted by Crippen LogP contribution is -2.01. The van der Waals surface area contributed by atoms with Crippen LogP contribution in [-0.4, -0.2) is 10.9 Å². The summed E-state index contributed by atoms with van der Waals surface area (Å²) in [5.41, 5.74) is 2.97. The first kappa shape index (κ1) is 12.5. The number of fused-ring (bicyclic) bond motifs is 1. The fraction of sp³-hybridized carbons (Fsp3) is 0.118. The fourth-order valence-corrected chi connectivity index (χ4v) is 2.28. The van der Waals surface area contributed by atoms with E-state index < -0.39 is 0 Å². The maximum Gasteiger partial charge on any atom is 0.150 e. The topological polar surface area (TPSA) is 31.2 Å². The maximum atomic E-state index is 10.6. The molecular formula is C17H15NO2. The van der Waals surface area contributed by atoms with Crippen molar-refractivity contribution < 1.29 is 9.53 Å². The van der Waals surface area contributed by atoms with Gasteiger partial charge in [-0.3, -0.25) is 4.79 Å². The fourth-order valence-electron chi connectivity index (χ4n) is 2.28. The number of benzene rings is 2. The van der Waals surface area contributed by atoms with Gasteiger partial charge in [-0.05, 0) is 41.8 Å². The number of aldehydes is 1. The zero-order valence-electron chi connectivity index (χ0n) is 11.2. The third-order valence-corrected chi connectivity index (χ3v) is 3.45. The van der Waals surface area contributed by atoms with E-state index >= 15 is 0 Å². The summed E-state index contributed by atoms with van der Waals surface area (Å²) in [6, 6.07) is 17.5. The number of para-hydroxylation sites is 1. The molecule has 3 heteroatoms. The molecule has 0 unspecified atom stereocenters.